The van der Waals surface area contributed by atoms with Crippen LogP contribution in [0.3, 0.4) is 0 Å². The zero-order valence-corrected chi connectivity index (χ0v) is 31.0. The lowest BCUT2D eigenvalue weighted by molar-refractivity contribution is -0.384. The highest BCUT2D eigenvalue weighted by Crippen LogP contribution is 2.53. The fraction of sp³-hybridized carbons (Fsp3) is 0.459. The molecule has 1 heterocycles. The predicted molar refractivity (Wildman–Crippen MR) is 200 cm³/mol. The second-order valence-corrected chi connectivity index (χ2v) is 17.2. The van der Waals surface area contributed by atoms with E-state index in [9.17, 15) is 33.2 Å². The lowest BCUT2D eigenvalue weighted by atomic mass is 9.93. The van der Waals surface area contributed by atoms with E-state index in [1.165, 1.54) is 29.9 Å². The zero-order valence-electron chi connectivity index (χ0n) is 29.3. The van der Waals surface area contributed by atoms with Gasteiger partial charge in [0, 0.05) is 59.2 Å². The molecule has 1 saturated heterocycles. The third kappa shape index (κ3) is 10.2. The number of thioether (sulfide) groups is 1. The number of carbonyl (C=O) groups excluding carboxylic acids is 1. The number of rotatable bonds is 15. The maximum absolute atomic E-state index is 13.3. The summed E-state index contributed by atoms with van der Waals surface area (Å²) < 4.78 is 28.6. The van der Waals surface area contributed by atoms with E-state index in [-0.39, 0.29) is 17.3 Å². The first-order valence-electron chi connectivity index (χ1n) is 17.3. The third-order valence-electron chi connectivity index (χ3n) is 9.76. The summed E-state index contributed by atoms with van der Waals surface area (Å²) in [6, 6.07) is 19.8. The molecule has 12 nitrogen and oxygen atoms in total. The normalized spacial score (nSPS) is 15.9. The molecule has 2 amide bonds. The second kappa shape index (κ2) is 15.9. The first-order valence-corrected chi connectivity index (χ1v) is 19.8. The maximum atomic E-state index is 13.3. The van der Waals surface area contributed by atoms with Crippen LogP contribution in [0.2, 0.25) is 0 Å². The molecule has 0 unspecified atom stereocenters. The Morgan fingerprint density at radius 1 is 1.00 bits per heavy atom. The molecule has 3 aromatic rings. The number of benzene rings is 3. The van der Waals surface area contributed by atoms with Crippen LogP contribution in [0.1, 0.15) is 76.1 Å². The van der Waals surface area contributed by atoms with Crippen LogP contribution in [0.4, 0.5) is 21.9 Å². The van der Waals surface area contributed by atoms with Gasteiger partial charge in [-0.3, -0.25) is 14.9 Å². The van der Waals surface area contributed by atoms with Gasteiger partial charge in [-0.1, -0.05) is 18.2 Å². The van der Waals surface area contributed by atoms with E-state index in [2.05, 4.69) is 14.9 Å². The molecule has 1 saturated carbocycles. The Morgan fingerprint density at radius 3 is 2.25 bits per heavy atom. The van der Waals surface area contributed by atoms with Crippen LogP contribution in [-0.2, 0) is 10.0 Å². The predicted octanol–water partition coefficient (Wildman–Crippen LogP) is 7.62. The number of nitrogens with one attached hydrogen (secondary N) is 2. The Balaban J connectivity index is 1.25. The fourth-order valence-electron chi connectivity index (χ4n) is 6.44. The number of carboxylic acid groups (broad SMARTS) is 1. The molecule has 274 valence electrons. The zero-order chi connectivity index (χ0) is 36.8. The van der Waals surface area contributed by atoms with Gasteiger partial charge in [0.1, 0.15) is 5.69 Å². The van der Waals surface area contributed by atoms with E-state index >= 15 is 0 Å². The largest absolute Gasteiger partial charge is 0.465 e. The number of nitrogens with zero attached hydrogens (tertiary/aromatic N) is 3. The Hall–Kier alpha value is -4.30. The Kier molecular flexibility index (Phi) is 11.9. The van der Waals surface area contributed by atoms with E-state index in [4.69, 9.17) is 0 Å². The molecular formula is C37H47N5O7S2. The van der Waals surface area contributed by atoms with E-state index in [1.807, 2.05) is 63.2 Å². The molecular weight excluding hydrogens is 691 g/mol. The molecule has 51 heavy (non-hydrogen) atoms. The summed E-state index contributed by atoms with van der Waals surface area (Å²) in [4.78, 5) is 40.6. The summed E-state index contributed by atoms with van der Waals surface area (Å²) in [6.07, 6.45) is 5.77. The topological polar surface area (TPSA) is 162 Å². The van der Waals surface area contributed by atoms with Crippen LogP contribution in [0.15, 0.2) is 82.6 Å². The van der Waals surface area contributed by atoms with Gasteiger partial charge < -0.3 is 20.2 Å². The minimum absolute atomic E-state index is 0.145. The summed E-state index contributed by atoms with van der Waals surface area (Å²) in [5.41, 5.74) is 0.841. The summed E-state index contributed by atoms with van der Waals surface area (Å²) >= 11 is 1.58. The number of unbranched alkanes of at least 4 members (excludes halogenated alkanes) is 1. The summed E-state index contributed by atoms with van der Waals surface area (Å²) in [5, 5.41) is 25.1. The van der Waals surface area contributed by atoms with Gasteiger partial charge in [0.2, 0.25) is 0 Å². The highest BCUT2D eigenvalue weighted by atomic mass is 32.2. The van der Waals surface area contributed by atoms with Crippen molar-refractivity contribution in [3.05, 3.63) is 88.5 Å². The Morgan fingerprint density at radius 2 is 1.67 bits per heavy atom. The van der Waals surface area contributed by atoms with Crippen LogP contribution in [-0.4, -0.2) is 72.3 Å². The number of carbonyl (C=O) groups is 2. The van der Waals surface area contributed by atoms with Crippen molar-refractivity contribution in [2.45, 2.75) is 87.1 Å². The van der Waals surface area contributed by atoms with E-state index < -0.39 is 43.1 Å². The molecule has 0 bridgehead atoms. The standard InChI is InChI=1S/C37H47N5O7S2/c1-36(2,3)41(35(44)45)22-8-7-9-28(26-50-30-10-5-4-6-11-30)38-32-17-16-31(25-33(32)42(46)47)51(48,49)39-34(43)27-12-14-29(15-13-27)40-23-20-37(18-19-37)21-24-40/h4-6,10-17,25,28,38H,7-9,18-24,26H2,1-3H3,(H,39,43)(H,44,45)/t28-/m1/s1. The summed E-state index contributed by atoms with van der Waals surface area (Å²) in [7, 11) is -4.44. The molecule has 1 atom stereocenters. The molecule has 1 spiro atoms. The second-order valence-electron chi connectivity index (χ2n) is 14.5. The minimum atomic E-state index is -4.44. The van der Waals surface area contributed by atoms with Crippen LogP contribution in [0.5, 0.6) is 0 Å². The minimum Gasteiger partial charge on any atom is -0.465 e. The maximum Gasteiger partial charge on any atom is 0.407 e. The first kappa shape index (κ1) is 37.9. The number of sulfonamides is 1. The van der Waals surface area contributed by atoms with Gasteiger partial charge in [0.05, 0.1) is 9.82 Å². The number of anilines is 2. The molecule has 5 rings (SSSR count). The van der Waals surface area contributed by atoms with Crippen molar-refractivity contribution in [2.24, 2.45) is 5.41 Å². The van der Waals surface area contributed by atoms with Crippen molar-refractivity contribution in [1.82, 2.24) is 9.62 Å². The van der Waals surface area contributed by atoms with Crippen molar-refractivity contribution < 1.29 is 28.0 Å². The van der Waals surface area contributed by atoms with Gasteiger partial charge >= 0.3 is 6.09 Å². The van der Waals surface area contributed by atoms with Gasteiger partial charge in [-0.15, -0.1) is 11.8 Å². The molecule has 1 aliphatic carbocycles. The highest BCUT2D eigenvalue weighted by molar-refractivity contribution is 7.99. The quantitative estimate of drug-likeness (QED) is 0.0612. The lowest BCUT2D eigenvalue weighted by Gasteiger charge is -2.33. The van der Waals surface area contributed by atoms with Crippen molar-refractivity contribution in [3.63, 3.8) is 0 Å². The van der Waals surface area contributed by atoms with Crippen LogP contribution in [0.25, 0.3) is 0 Å². The number of nitro groups is 1. The van der Waals surface area contributed by atoms with Crippen molar-refractivity contribution in [2.75, 3.05) is 35.6 Å². The lowest BCUT2D eigenvalue weighted by Crippen LogP contribution is -2.45. The molecule has 0 aromatic heterocycles. The number of hydrogen-bond acceptors (Lipinski definition) is 9. The average molecular weight is 738 g/mol. The Labute approximate surface area is 304 Å². The van der Waals surface area contributed by atoms with E-state index in [1.54, 1.807) is 23.9 Å². The number of piperidine rings is 1. The van der Waals surface area contributed by atoms with Gasteiger partial charge in [0.15, 0.2) is 0 Å². The van der Waals surface area contributed by atoms with Crippen molar-refractivity contribution in [1.29, 1.82) is 0 Å². The van der Waals surface area contributed by atoms with Crippen LogP contribution >= 0.6 is 11.8 Å². The molecule has 14 heteroatoms. The molecule has 0 radical (unpaired) electrons. The number of nitro benzene ring substituents is 1. The third-order valence-corrected chi connectivity index (χ3v) is 12.3. The summed E-state index contributed by atoms with van der Waals surface area (Å²) in [5.74, 6) is -0.274. The first-order chi connectivity index (χ1) is 24.2. The van der Waals surface area contributed by atoms with E-state index in [0.717, 1.165) is 42.6 Å². The average Bonchev–Trinajstić information content (AvgIpc) is 3.85. The highest BCUT2D eigenvalue weighted by Gasteiger charge is 2.44. The molecule has 3 aromatic carbocycles. The van der Waals surface area contributed by atoms with Crippen molar-refractivity contribution >= 4 is 50.8 Å². The van der Waals surface area contributed by atoms with Crippen molar-refractivity contribution in [3.8, 4) is 0 Å². The summed E-state index contributed by atoms with van der Waals surface area (Å²) in [6.45, 7) is 7.78. The monoisotopic (exact) mass is 737 g/mol. The van der Waals surface area contributed by atoms with Gasteiger partial charge in [-0.05, 0) is 120 Å². The van der Waals surface area contributed by atoms with Gasteiger partial charge in [-0.25, -0.2) is 17.9 Å². The molecule has 1 aliphatic heterocycles. The van der Waals surface area contributed by atoms with E-state index in [0.29, 0.717) is 37.0 Å². The smallest absolute Gasteiger partial charge is 0.407 e. The molecule has 3 N–H and O–H groups in total. The number of hydrogen-bond donors (Lipinski definition) is 3. The molecule has 2 fully saturated rings. The fourth-order valence-corrected chi connectivity index (χ4v) is 8.43. The SMILES string of the molecule is CC(C)(C)N(CCCC[C@H](CSc1ccccc1)Nc1ccc(S(=O)(=O)NC(=O)c2ccc(N3CCC4(CC3)CC4)cc2)cc1[N+](=O)[O-])C(=O)O. The number of amides is 2. The van der Waals surface area contributed by atoms with Gasteiger partial charge in [-0.2, -0.15) is 0 Å². The van der Waals surface area contributed by atoms with Gasteiger partial charge in [0.25, 0.3) is 21.6 Å². The molecule has 2 aliphatic rings. The Bertz CT molecular complexity index is 1800. The van der Waals surface area contributed by atoms with Crippen LogP contribution < -0.4 is 14.9 Å². The van der Waals surface area contributed by atoms with Crippen LogP contribution in [0, 0.1) is 15.5 Å².